The van der Waals surface area contributed by atoms with Gasteiger partial charge in [0.2, 0.25) is 0 Å². The summed E-state index contributed by atoms with van der Waals surface area (Å²) in [6, 6.07) is 11.7. The van der Waals surface area contributed by atoms with Crippen LogP contribution in [0.1, 0.15) is 37.0 Å². The van der Waals surface area contributed by atoms with Crippen molar-refractivity contribution in [3.8, 4) is 0 Å². The molecule has 176 valence electrons. The number of hydrogen-bond acceptors (Lipinski definition) is 5. The van der Waals surface area contributed by atoms with Gasteiger partial charge in [-0.2, -0.15) is 5.10 Å². The van der Waals surface area contributed by atoms with Gasteiger partial charge in [-0.1, -0.05) is 30.3 Å². The van der Waals surface area contributed by atoms with E-state index in [0.29, 0.717) is 24.6 Å². The lowest BCUT2D eigenvalue weighted by Crippen LogP contribution is -2.48. The van der Waals surface area contributed by atoms with Crippen LogP contribution in [-0.4, -0.2) is 65.0 Å². The highest BCUT2D eigenvalue weighted by Crippen LogP contribution is 2.24. The Morgan fingerprint density at radius 1 is 1.25 bits per heavy atom. The van der Waals surface area contributed by atoms with Crippen molar-refractivity contribution in [3.05, 3.63) is 47.5 Å². The zero-order chi connectivity index (χ0) is 21.6. The Labute approximate surface area is 208 Å². The highest BCUT2D eigenvalue weighted by atomic mass is 127. The molecular formula is C23H36IN7O. The van der Waals surface area contributed by atoms with Crippen molar-refractivity contribution in [2.45, 2.75) is 58.0 Å². The zero-order valence-corrected chi connectivity index (χ0v) is 21.7. The molecule has 0 spiro atoms. The van der Waals surface area contributed by atoms with Gasteiger partial charge in [0.1, 0.15) is 12.4 Å². The predicted molar refractivity (Wildman–Crippen MR) is 137 cm³/mol. The van der Waals surface area contributed by atoms with Crippen LogP contribution in [0.15, 0.2) is 35.3 Å². The first-order valence-corrected chi connectivity index (χ1v) is 11.3. The molecule has 3 unspecified atom stereocenters. The summed E-state index contributed by atoms with van der Waals surface area (Å²) in [6.45, 7) is 6.69. The van der Waals surface area contributed by atoms with E-state index in [1.54, 1.807) is 7.11 Å². The summed E-state index contributed by atoms with van der Waals surface area (Å²) >= 11 is 0. The third-order valence-electron chi connectivity index (χ3n) is 6.32. The number of aryl methyl sites for hydroxylation is 1. The van der Waals surface area contributed by atoms with Crippen LogP contribution in [0, 0.1) is 5.92 Å². The molecule has 0 aliphatic carbocycles. The van der Waals surface area contributed by atoms with Crippen molar-refractivity contribution >= 4 is 29.9 Å². The van der Waals surface area contributed by atoms with Crippen LogP contribution in [0.2, 0.25) is 0 Å². The maximum absolute atomic E-state index is 5.16. The molecule has 0 radical (unpaired) electrons. The van der Waals surface area contributed by atoms with Gasteiger partial charge in [-0.05, 0) is 31.2 Å². The van der Waals surface area contributed by atoms with E-state index in [9.17, 15) is 0 Å². The van der Waals surface area contributed by atoms with Gasteiger partial charge in [0.05, 0.1) is 6.54 Å². The van der Waals surface area contributed by atoms with E-state index in [1.165, 1.54) is 12.0 Å². The molecule has 1 aromatic heterocycles. The van der Waals surface area contributed by atoms with Gasteiger partial charge in [-0.3, -0.25) is 9.89 Å². The Morgan fingerprint density at radius 3 is 2.81 bits per heavy atom. The number of methoxy groups -OCH3 is 1. The quantitative estimate of drug-likeness (QED) is 0.312. The zero-order valence-electron chi connectivity index (χ0n) is 19.3. The lowest BCUT2D eigenvalue weighted by atomic mass is 10.1. The second-order valence-corrected chi connectivity index (χ2v) is 8.76. The second kappa shape index (κ2) is 11.9. The standard InChI is InChI=1S/C23H35N7O.HI/c1-17-11-19(14-29(17)13-18-7-5-4-6-8-18)12-25-23(24-2)26-20-9-10-22-27-21(16-31-3)28-30(22)15-20;/h4-8,17,19-20H,9-16H2,1-3H3,(H2,24,25,26);1H. The number of fused-ring (bicyclic) bond motifs is 1. The minimum Gasteiger partial charge on any atom is -0.377 e. The SMILES string of the molecule is CN=C(NCC1CC(C)N(Cc2ccccc2)C1)NC1CCc2nc(COC)nn2C1.I. The highest BCUT2D eigenvalue weighted by molar-refractivity contribution is 14.0. The fourth-order valence-electron chi connectivity index (χ4n) is 4.70. The average molecular weight is 553 g/mol. The van der Waals surface area contributed by atoms with Crippen molar-refractivity contribution in [2.75, 3.05) is 27.2 Å². The molecule has 3 heterocycles. The molecule has 1 fully saturated rings. The molecule has 4 rings (SSSR count). The third kappa shape index (κ3) is 6.41. The normalized spacial score (nSPS) is 23.5. The first-order chi connectivity index (χ1) is 15.1. The molecular weight excluding hydrogens is 517 g/mol. The Kier molecular flexibility index (Phi) is 9.30. The van der Waals surface area contributed by atoms with Crippen LogP contribution in [0.25, 0.3) is 0 Å². The van der Waals surface area contributed by atoms with Crippen molar-refractivity contribution in [2.24, 2.45) is 10.9 Å². The molecule has 1 aromatic carbocycles. The molecule has 2 N–H and O–H groups in total. The number of nitrogens with one attached hydrogen (secondary N) is 2. The number of likely N-dealkylation sites (tertiary alicyclic amines) is 1. The number of ether oxygens (including phenoxy) is 1. The van der Waals surface area contributed by atoms with E-state index in [-0.39, 0.29) is 24.0 Å². The number of halogens is 1. The molecule has 3 atom stereocenters. The summed E-state index contributed by atoms with van der Waals surface area (Å²) in [5.41, 5.74) is 1.39. The number of guanidine groups is 1. The lowest BCUT2D eigenvalue weighted by molar-refractivity contribution is 0.177. The molecule has 2 aromatic rings. The lowest BCUT2D eigenvalue weighted by Gasteiger charge is -2.26. The summed E-state index contributed by atoms with van der Waals surface area (Å²) < 4.78 is 7.16. The first kappa shape index (κ1) is 24.9. The van der Waals surface area contributed by atoms with Gasteiger partial charge in [0.25, 0.3) is 0 Å². The van der Waals surface area contributed by atoms with E-state index in [2.05, 4.69) is 67.9 Å². The third-order valence-corrected chi connectivity index (χ3v) is 6.32. The average Bonchev–Trinajstić information content (AvgIpc) is 3.34. The number of hydrogen-bond donors (Lipinski definition) is 2. The van der Waals surface area contributed by atoms with E-state index in [1.807, 2.05) is 11.7 Å². The van der Waals surface area contributed by atoms with Crippen LogP contribution in [-0.2, 0) is 30.9 Å². The van der Waals surface area contributed by atoms with E-state index in [4.69, 9.17) is 4.74 Å². The summed E-state index contributed by atoms with van der Waals surface area (Å²) in [6.07, 6.45) is 3.15. The van der Waals surface area contributed by atoms with Crippen LogP contribution in [0.5, 0.6) is 0 Å². The number of aromatic nitrogens is 3. The number of benzene rings is 1. The van der Waals surface area contributed by atoms with Crippen LogP contribution in [0.4, 0.5) is 0 Å². The first-order valence-electron chi connectivity index (χ1n) is 11.3. The van der Waals surface area contributed by atoms with Crippen LogP contribution in [0.3, 0.4) is 0 Å². The molecule has 2 aliphatic heterocycles. The molecule has 32 heavy (non-hydrogen) atoms. The van der Waals surface area contributed by atoms with Crippen molar-refractivity contribution in [1.29, 1.82) is 0 Å². The van der Waals surface area contributed by atoms with Crippen molar-refractivity contribution < 1.29 is 4.74 Å². The Hall–Kier alpha value is -1.72. The Bertz CT molecular complexity index is 872. The highest BCUT2D eigenvalue weighted by Gasteiger charge is 2.29. The van der Waals surface area contributed by atoms with Gasteiger partial charge in [0, 0.05) is 52.3 Å². The maximum Gasteiger partial charge on any atom is 0.191 e. The summed E-state index contributed by atoms with van der Waals surface area (Å²) in [5.74, 6) is 3.31. The van der Waals surface area contributed by atoms with Gasteiger partial charge in [-0.25, -0.2) is 9.67 Å². The summed E-state index contributed by atoms with van der Waals surface area (Å²) in [7, 11) is 3.51. The minimum atomic E-state index is 0. The van der Waals surface area contributed by atoms with Crippen LogP contribution >= 0.6 is 24.0 Å². The summed E-state index contributed by atoms with van der Waals surface area (Å²) in [5, 5.41) is 11.7. The van der Waals surface area contributed by atoms with Crippen LogP contribution < -0.4 is 10.6 Å². The molecule has 9 heteroatoms. The molecule has 2 aliphatic rings. The number of aliphatic imine (C=N–C) groups is 1. The van der Waals surface area contributed by atoms with Crippen molar-refractivity contribution in [3.63, 3.8) is 0 Å². The molecule has 8 nitrogen and oxygen atoms in total. The van der Waals surface area contributed by atoms with Gasteiger partial charge in [0.15, 0.2) is 11.8 Å². The molecule has 0 saturated carbocycles. The van der Waals surface area contributed by atoms with E-state index < -0.39 is 0 Å². The smallest absolute Gasteiger partial charge is 0.191 e. The second-order valence-electron chi connectivity index (χ2n) is 8.76. The van der Waals surface area contributed by atoms with Crippen molar-refractivity contribution in [1.82, 2.24) is 30.3 Å². The monoisotopic (exact) mass is 553 g/mol. The van der Waals surface area contributed by atoms with E-state index in [0.717, 1.165) is 56.6 Å². The Balaban J connectivity index is 0.00000289. The summed E-state index contributed by atoms with van der Waals surface area (Å²) in [4.78, 5) is 11.6. The fourth-order valence-corrected chi connectivity index (χ4v) is 4.70. The maximum atomic E-state index is 5.16. The minimum absolute atomic E-state index is 0. The number of rotatable bonds is 7. The van der Waals surface area contributed by atoms with Gasteiger partial charge in [-0.15, -0.1) is 24.0 Å². The number of nitrogens with zero attached hydrogens (tertiary/aromatic N) is 5. The van der Waals surface area contributed by atoms with E-state index >= 15 is 0 Å². The Morgan fingerprint density at radius 2 is 2.06 bits per heavy atom. The van der Waals surface area contributed by atoms with Gasteiger partial charge >= 0.3 is 0 Å². The predicted octanol–water partition coefficient (Wildman–Crippen LogP) is 2.43. The molecule has 1 saturated heterocycles. The molecule has 0 amide bonds. The topological polar surface area (TPSA) is 79.6 Å². The van der Waals surface area contributed by atoms with Gasteiger partial charge < -0.3 is 15.4 Å². The molecule has 0 bridgehead atoms. The fraction of sp³-hybridized carbons (Fsp3) is 0.609. The largest absolute Gasteiger partial charge is 0.377 e.